The third-order valence-corrected chi connectivity index (χ3v) is 3.82. The van der Waals surface area contributed by atoms with Gasteiger partial charge in [-0.05, 0) is 43.9 Å². The van der Waals surface area contributed by atoms with Gasteiger partial charge in [-0.15, -0.1) is 0 Å². The molecule has 1 saturated carbocycles. The summed E-state index contributed by atoms with van der Waals surface area (Å²) in [6, 6.07) is 6.08. The Morgan fingerprint density at radius 3 is 2.80 bits per heavy atom. The Labute approximate surface area is 118 Å². The molecule has 106 valence electrons. The van der Waals surface area contributed by atoms with E-state index >= 15 is 0 Å². The van der Waals surface area contributed by atoms with Gasteiger partial charge >= 0.3 is 0 Å². The third-order valence-electron chi connectivity index (χ3n) is 3.82. The number of nitrogens with two attached hydrogens (primary N) is 1. The molecule has 1 aliphatic rings. The van der Waals surface area contributed by atoms with Gasteiger partial charge in [-0.3, -0.25) is 4.79 Å². The molecule has 0 radical (unpaired) electrons. The minimum atomic E-state index is -0.891. The maximum Gasteiger partial charge on any atom is 0.242 e. The Kier molecular flexibility index (Phi) is 3.78. The zero-order valence-electron chi connectivity index (χ0n) is 11.7. The fourth-order valence-corrected chi connectivity index (χ4v) is 2.36. The molecule has 5 heteroatoms. The molecule has 0 aromatic heterocycles. The van der Waals surface area contributed by atoms with Crippen LogP contribution in [-0.4, -0.2) is 23.4 Å². The van der Waals surface area contributed by atoms with Crippen LogP contribution in [0.3, 0.4) is 0 Å². The Balaban J connectivity index is 2.13. The average molecular weight is 275 g/mol. The van der Waals surface area contributed by atoms with Gasteiger partial charge in [0.25, 0.3) is 0 Å². The first kappa shape index (κ1) is 14.5. The molecule has 1 aromatic carbocycles. The van der Waals surface area contributed by atoms with E-state index in [1.807, 2.05) is 6.07 Å². The number of hydrogen-bond donors (Lipinski definition) is 1. The van der Waals surface area contributed by atoms with E-state index in [1.165, 1.54) is 23.1 Å². The zero-order valence-corrected chi connectivity index (χ0v) is 11.7. The number of carbonyl (C=O) groups is 1. The van der Waals surface area contributed by atoms with Crippen LogP contribution < -0.4 is 5.73 Å². The number of likely N-dealkylation sites (N-methyl/N-ethyl adjacent to an activating group) is 1. The summed E-state index contributed by atoms with van der Waals surface area (Å²) in [4.78, 5) is 13.8. The van der Waals surface area contributed by atoms with Crippen LogP contribution in [0.15, 0.2) is 18.2 Å². The molecule has 1 unspecified atom stereocenters. The number of halogens is 1. The van der Waals surface area contributed by atoms with Crippen molar-refractivity contribution in [1.29, 1.82) is 5.26 Å². The van der Waals surface area contributed by atoms with Crippen LogP contribution in [0.25, 0.3) is 0 Å². The van der Waals surface area contributed by atoms with Gasteiger partial charge in [0, 0.05) is 19.2 Å². The molecular weight excluding hydrogens is 257 g/mol. The van der Waals surface area contributed by atoms with E-state index in [0.29, 0.717) is 11.1 Å². The monoisotopic (exact) mass is 275 g/mol. The highest BCUT2D eigenvalue weighted by Crippen LogP contribution is 2.39. The van der Waals surface area contributed by atoms with Gasteiger partial charge in [0.05, 0.1) is 17.2 Å². The molecule has 1 aliphatic carbocycles. The lowest BCUT2D eigenvalue weighted by Gasteiger charge is -2.29. The minimum absolute atomic E-state index is 0.111. The van der Waals surface area contributed by atoms with Crippen LogP contribution in [0.5, 0.6) is 0 Å². The van der Waals surface area contributed by atoms with Gasteiger partial charge < -0.3 is 10.6 Å². The van der Waals surface area contributed by atoms with Crippen LogP contribution >= 0.6 is 0 Å². The normalized spacial score (nSPS) is 17.1. The van der Waals surface area contributed by atoms with Crippen LogP contribution in [-0.2, 0) is 11.3 Å². The summed E-state index contributed by atoms with van der Waals surface area (Å²) < 4.78 is 13.7. The number of amides is 1. The minimum Gasteiger partial charge on any atom is -0.340 e. The summed E-state index contributed by atoms with van der Waals surface area (Å²) >= 11 is 0. The van der Waals surface area contributed by atoms with E-state index in [0.717, 1.165) is 12.8 Å². The molecule has 0 aliphatic heterocycles. The van der Waals surface area contributed by atoms with E-state index in [-0.39, 0.29) is 18.4 Å². The van der Waals surface area contributed by atoms with Crippen LogP contribution in [0.1, 0.15) is 30.9 Å². The van der Waals surface area contributed by atoms with Gasteiger partial charge in [0.1, 0.15) is 5.82 Å². The van der Waals surface area contributed by atoms with Crippen molar-refractivity contribution in [2.75, 3.05) is 7.05 Å². The van der Waals surface area contributed by atoms with E-state index in [1.54, 1.807) is 14.0 Å². The van der Waals surface area contributed by atoms with Crippen LogP contribution in [0.2, 0.25) is 0 Å². The summed E-state index contributed by atoms with van der Waals surface area (Å²) in [7, 11) is 1.61. The molecule has 2 rings (SSSR count). The first-order chi connectivity index (χ1) is 9.36. The van der Waals surface area contributed by atoms with Crippen LogP contribution in [0, 0.1) is 23.1 Å². The van der Waals surface area contributed by atoms with Gasteiger partial charge in [0.2, 0.25) is 5.91 Å². The fourth-order valence-electron chi connectivity index (χ4n) is 2.36. The standard InChI is InChI=1S/C15H18FN3O/c1-15(18,12-4-5-12)14(20)19(2)9-11-7-10(8-17)3-6-13(11)16/h3,6-7,12H,4-5,9,18H2,1-2H3. The molecule has 0 heterocycles. The smallest absolute Gasteiger partial charge is 0.242 e. The van der Waals surface area contributed by atoms with Crippen molar-refractivity contribution in [2.45, 2.75) is 31.8 Å². The van der Waals surface area contributed by atoms with Crippen molar-refractivity contribution >= 4 is 5.91 Å². The quantitative estimate of drug-likeness (QED) is 0.910. The van der Waals surface area contributed by atoms with E-state index in [4.69, 9.17) is 11.0 Å². The van der Waals surface area contributed by atoms with Gasteiger partial charge in [-0.25, -0.2) is 4.39 Å². The maximum absolute atomic E-state index is 13.7. The zero-order chi connectivity index (χ0) is 14.9. The summed E-state index contributed by atoms with van der Waals surface area (Å²) in [5.41, 5.74) is 5.89. The highest BCUT2D eigenvalue weighted by atomic mass is 19.1. The molecule has 1 atom stereocenters. The first-order valence-electron chi connectivity index (χ1n) is 6.59. The second-order valence-electron chi connectivity index (χ2n) is 5.64. The Morgan fingerprint density at radius 2 is 2.25 bits per heavy atom. The summed E-state index contributed by atoms with van der Waals surface area (Å²) in [5, 5.41) is 8.83. The number of benzene rings is 1. The highest BCUT2D eigenvalue weighted by molar-refractivity contribution is 5.86. The maximum atomic E-state index is 13.7. The van der Waals surface area contributed by atoms with Crippen molar-refractivity contribution in [3.8, 4) is 6.07 Å². The predicted octanol–water partition coefficient (Wildman–Crippen LogP) is 1.78. The molecule has 1 fully saturated rings. The average Bonchev–Trinajstić information content (AvgIpc) is 3.25. The third kappa shape index (κ3) is 2.81. The van der Waals surface area contributed by atoms with Gasteiger partial charge in [-0.1, -0.05) is 0 Å². The molecule has 0 bridgehead atoms. The van der Waals surface area contributed by atoms with Gasteiger partial charge in [0.15, 0.2) is 0 Å². The molecule has 20 heavy (non-hydrogen) atoms. The lowest BCUT2D eigenvalue weighted by Crippen LogP contribution is -2.53. The number of rotatable bonds is 4. The van der Waals surface area contributed by atoms with Crippen molar-refractivity contribution in [3.05, 3.63) is 35.1 Å². The number of hydrogen-bond acceptors (Lipinski definition) is 3. The Morgan fingerprint density at radius 1 is 1.60 bits per heavy atom. The lowest BCUT2D eigenvalue weighted by atomic mass is 9.95. The second kappa shape index (κ2) is 5.22. The summed E-state index contributed by atoms with van der Waals surface area (Å²) in [5.74, 6) is -0.400. The molecular formula is C15H18FN3O. The fraction of sp³-hybridized carbons (Fsp3) is 0.467. The van der Waals surface area contributed by atoms with E-state index in [2.05, 4.69) is 0 Å². The molecule has 0 saturated heterocycles. The topological polar surface area (TPSA) is 70.1 Å². The number of nitrogens with zero attached hydrogens (tertiary/aromatic N) is 2. The highest BCUT2D eigenvalue weighted by Gasteiger charge is 2.45. The largest absolute Gasteiger partial charge is 0.340 e. The molecule has 2 N–H and O–H groups in total. The first-order valence-corrected chi connectivity index (χ1v) is 6.59. The Bertz CT molecular complexity index is 573. The number of carbonyl (C=O) groups excluding carboxylic acids is 1. The molecule has 0 spiro atoms. The molecule has 1 amide bonds. The second-order valence-corrected chi connectivity index (χ2v) is 5.64. The summed E-state index contributed by atoms with van der Waals surface area (Å²) in [6.07, 6.45) is 1.93. The summed E-state index contributed by atoms with van der Waals surface area (Å²) in [6.45, 7) is 1.84. The van der Waals surface area contributed by atoms with Gasteiger partial charge in [-0.2, -0.15) is 5.26 Å². The van der Waals surface area contributed by atoms with E-state index < -0.39 is 11.4 Å². The number of nitriles is 1. The molecule has 4 nitrogen and oxygen atoms in total. The van der Waals surface area contributed by atoms with Crippen molar-refractivity contribution in [3.63, 3.8) is 0 Å². The van der Waals surface area contributed by atoms with Crippen molar-refractivity contribution < 1.29 is 9.18 Å². The van der Waals surface area contributed by atoms with Crippen molar-refractivity contribution in [1.82, 2.24) is 4.90 Å². The SMILES string of the molecule is CN(Cc1cc(C#N)ccc1F)C(=O)C(C)(N)C1CC1. The Hall–Kier alpha value is -1.93. The van der Waals surface area contributed by atoms with Crippen LogP contribution in [0.4, 0.5) is 4.39 Å². The lowest BCUT2D eigenvalue weighted by molar-refractivity contribution is -0.136. The van der Waals surface area contributed by atoms with E-state index in [9.17, 15) is 9.18 Å². The predicted molar refractivity (Wildman–Crippen MR) is 72.9 cm³/mol. The molecule has 1 aromatic rings. The van der Waals surface area contributed by atoms with Crippen molar-refractivity contribution in [2.24, 2.45) is 11.7 Å².